The molecule has 21 heavy (non-hydrogen) atoms. The summed E-state index contributed by atoms with van der Waals surface area (Å²) in [6, 6.07) is 0. The van der Waals surface area contributed by atoms with Gasteiger partial charge in [-0.25, -0.2) is 9.97 Å². The molecule has 0 amide bonds. The van der Waals surface area contributed by atoms with Gasteiger partial charge in [-0.05, 0) is 12.8 Å². The van der Waals surface area contributed by atoms with Crippen molar-refractivity contribution >= 4 is 0 Å². The van der Waals surface area contributed by atoms with E-state index < -0.39 is 6.10 Å². The lowest BCUT2D eigenvalue weighted by atomic mass is 9.98. The van der Waals surface area contributed by atoms with E-state index in [9.17, 15) is 5.11 Å². The predicted molar refractivity (Wildman–Crippen MR) is 78.6 cm³/mol. The number of ether oxygens (including phenoxy) is 1. The molecule has 1 saturated carbocycles. The van der Waals surface area contributed by atoms with E-state index in [2.05, 4.69) is 15.0 Å². The van der Waals surface area contributed by atoms with E-state index in [0.717, 1.165) is 18.7 Å². The first-order valence-corrected chi connectivity index (χ1v) is 7.63. The number of nitrogens with zero attached hydrogens (tertiary/aromatic N) is 3. The van der Waals surface area contributed by atoms with Crippen molar-refractivity contribution in [1.29, 1.82) is 0 Å². The lowest BCUT2D eigenvalue weighted by molar-refractivity contribution is -0.0282. The third-order valence-corrected chi connectivity index (χ3v) is 3.91. The summed E-state index contributed by atoms with van der Waals surface area (Å²) >= 11 is 0. The Hall–Kier alpha value is -1.66. The summed E-state index contributed by atoms with van der Waals surface area (Å²) in [7, 11) is 0. The van der Waals surface area contributed by atoms with E-state index in [-0.39, 0.29) is 0 Å². The topological polar surface area (TPSA) is 76.0 Å². The van der Waals surface area contributed by atoms with Gasteiger partial charge in [0.1, 0.15) is 0 Å². The van der Waals surface area contributed by atoms with Gasteiger partial charge in [0.25, 0.3) is 0 Å². The summed E-state index contributed by atoms with van der Waals surface area (Å²) in [5.41, 5.74) is 0. The molecule has 2 aromatic rings. The molecule has 1 aliphatic carbocycles. The Morgan fingerprint density at radius 2 is 2.14 bits per heavy atom. The van der Waals surface area contributed by atoms with Gasteiger partial charge in [-0.2, -0.15) is 0 Å². The van der Waals surface area contributed by atoms with E-state index in [1.165, 1.54) is 19.3 Å². The van der Waals surface area contributed by atoms with Crippen LogP contribution in [0.15, 0.2) is 24.8 Å². The first-order chi connectivity index (χ1) is 10.3. The smallest absolute Gasteiger partial charge is 0.176 e. The maximum absolute atomic E-state index is 10.2. The molecule has 0 spiro atoms. The second-order valence-corrected chi connectivity index (χ2v) is 5.59. The summed E-state index contributed by atoms with van der Waals surface area (Å²) in [6.45, 7) is 0.837. The molecule has 2 aromatic heterocycles. The highest BCUT2D eigenvalue weighted by molar-refractivity contribution is 5.43. The summed E-state index contributed by atoms with van der Waals surface area (Å²) in [5, 5.41) is 10.2. The van der Waals surface area contributed by atoms with Crippen LogP contribution < -0.4 is 0 Å². The number of hydrogen-bond donors (Lipinski definition) is 2. The molecule has 0 aromatic carbocycles. The number of aromatic amines is 1. The van der Waals surface area contributed by atoms with Crippen molar-refractivity contribution in [2.75, 3.05) is 6.61 Å². The molecule has 114 valence electrons. The zero-order chi connectivity index (χ0) is 14.5. The Balaban J connectivity index is 1.53. The molecule has 1 atom stereocenters. The van der Waals surface area contributed by atoms with Crippen LogP contribution in [0, 0.1) is 0 Å². The number of H-pyrrole nitrogens is 1. The van der Waals surface area contributed by atoms with Crippen LogP contribution >= 0.6 is 0 Å². The molecule has 6 nitrogen and oxygen atoms in total. The van der Waals surface area contributed by atoms with Gasteiger partial charge in [-0.1, -0.05) is 19.3 Å². The molecule has 1 fully saturated rings. The molecule has 0 aliphatic heterocycles. The highest BCUT2D eigenvalue weighted by Gasteiger charge is 2.17. The maximum Gasteiger partial charge on any atom is 0.176 e. The monoisotopic (exact) mass is 290 g/mol. The van der Waals surface area contributed by atoms with E-state index in [0.29, 0.717) is 25.1 Å². The predicted octanol–water partition coefficient (Wildman–Crippen LogP) is 1.98. The molecule has 0 saturated heterocycles. The van der Waals surface area contributed by atoms with Crippen molar-refractivity contribution in [3.05, 3.63) is 24.8 Å². The average molecular weight is 290 g/mol. The number of aromatic nitrogens is 4. The van der Waals surface area contributed by atoms with Gasteiger partial charge in [0, 0.05) is 24.8 Å². The minimum absolute atomic E-state index is 0.320. The molecule has 3 rings (SSSR count). The SMILES string of the molecule is OC(COC1CCCCC1)Cn1ccnc1-c1ncc[nH]1. The zero-order valence-corrected chi connectivity index (χ0v) is 12.1. The number of nitrogens with one attached hydrogen (secondary N) is 1. The van der Waals surface area contributed by atoms with Gasteiger partial charge < -0.3 is 19.4 Å². The summed E-state index contributed by atoms with van der Waals surface area (Å²) < 4.78 is 7.71. The molecule has 1 unspecified atom stereocenters. The van der Waals surface area contributed by atoms with Crippen LogP contribution in [0.4, 0.5) is 0 Å². The lowest BCUT2D eigenvalue weighted by Gasteiger charge is -2.23. The highest BCUT2D eigenvalue weighted by atomic mass is 16.5. The first-order valence-electron chi connectivity index (χ1n) is 7.63. The maximum atomic E-state index is 10.2. The number of rotatable bonds is 6. The minimum Gasteiger partial charge on any atom is -0.389 e. The van der Waals surface area contributed by atoms with Gasteiger partial charge in [-0.3, -0.25) is 0 Å². The van der Waals surface area contributed by atoms with Crippen LogP contribution in [0.3, 0.4) is 0 Å². The molecular weight excluding hydrogens is 268 g/mol. The molecule has 0 bridgehead atoms. The Labute approximate surface area is 124 Å². The standard InChI is InChI=1S/C15H22N4O2/c20-12(11-21-13-4-2-1-3-5-13)10-19-9-8-18-15(19)14-16-6-7-17-14/h6-9,12-13,20H,1-5,10-11H2,(H,16,17). The van der Waals surface area contributed by atoms with Gasteiger partial charge in [0.05, 0.1) is 25.4 Å². The molecule has 2 heterocycles. The van der Waals surface area contributed by atoms with E-state index in [1.807, 2.05) is 10.8 Å². The van der Waals surface area contributed by atoms with Crippen molar-refractivity contribution in [2.24, 2.45) is 0 Å². The zero-order valence-electron chi connectivity index (χ0n) is 12.1. The number of aliphatic hydroxyl groups is 1. The van der Waals surface area contributed by atoms with Crippen LogP contribution in [0.5, 0.6) is 0 Å². The fourth-order valence-electron chi connectivity index (χ4n) is 2.82. The van der Waals surface area contributed by atoms with Crippen LogP contribution in [-0.2, 0) is 11.3 Å². The number of imidazole rings is 2. The summed E-state index contributed by atoms with van der Waals surface area (Å²) in [5.74, 6) is 1.44. The average Bonchev–Trinajstić information content (AvgIpc) is 3.17. The number of hydrogen-bond acceptors (Lipinski definition) is 4. The van der Waals surface area contributed by atoms with Crippen molar-refractivity contribution in [3.8, 4) is 11.6 Å². The van der Waals surface area contributed by atoms with E-state index >= 15 is 0 Å². The lowest BCUT2D eigenvalue weighted by Crippen LogP contribution is -2.27. The quantitative estimate of drug-likeness (QED) is 0.853. The molecule has 2 N–H and O–H groups in total. The van der Waals surface area contributed by atoms with E-state index in [1.54, 1.807) is 18.6 Å². The minimum atomic E-state index is -0.533. The van der Waals surface area contributed by atoms with Crippen LogP contribution in [0.1, 0.15) is 32.1 Å². The molecule has 1 aliphatic rings. The second-order valence-electron chi connectivity index (χ2n) is 5.59. The van der Waals surface area contributed by atoms with Crippen molar-refractivity contribution in [1.82, 2.24) is 19.5 Å². The fraction of sp³-hybridized carbons (Fsp3) is 0.600. The van der Waals surface area contributed by atoms with E-state index in [4.69, 9.17) is 4.74 Å². The Bertz CT molecular complexity index is 532. The normalized spacial score (nSPS) is 18.0. The van der Waals surface area contributed by atoms with Crippen molar-refractivity contribution < 1.29 is 9.84 Å². The molecule has 6 heteroatoms. The van der Waals surface area contributed by atoms with Gasteiger partial charge in [0.2, 0.25) is 0 Å². The van der Waals surface area contributed by atoms with Crippen molar-refractivity contribution in [3.63, 3.8) is 0 Å². The van der Waals surface area contributed by atoms with Gasteiger partial charge in [0.15, 0.2) is 11.6 Å². The summed E-state index contributed by atoms with van der Waals surface area (Å²) in [4.78, 5) is 11.5. The largest absolute Gasteiger partial charge is 0.389 e. The first kappa shape index (κ1) is 14.3. The van der Waals surface area contributed by atoms with Crippen LogP contribution in [0.25, 0.3) is 11.6 Å². The Kier molecular flexibility index (Phi) is 4.67. The second kappa shape index (κ2) is 6.87. The third kappa shape index (κ3) is 3.71. The van der Waals surface area contributed by atoms with Gasteiger partial charge >= 0.3 is 0 Å². The van der Waals surface area contributed by atoms with Crippen molar-refractivity contribution in [2.45, 2.75) is 50.9 Å². The van der Waals surface area contributed by atoms with Crippen LogP contribution in [0.2, 0.25) is 0 Å². The fourth-order valence-corrected chi connectivity index (χ4v) is 2.82. The Morgan fingerprint density at radius 3 is 2.90 bits per heavy atom. The molecular formula is C15H22N4O2. The van der Waals surface area contributed by atoms with Crippen LogP contribution in [-0.4, -0.2) is 43.4 Å². The number of aliphatic hydroxyl groups excluding tert-OH is 1. The van der Waals surface area contributed by atoms with Gasteiger partial charge in [-0.15, -0.1) is 0 Å². The Morgan fingerprint density at radius 1 is 1.29 bits per heavy atom. The highest BCUT2D eigenvalue weighted by Crippen LogP contribution is 2.20. The summed E-state index contributed by atoms with van der Waals surface area (Å²) in [6.07, 6.45) is 12.8. The molecule has 0 radical (unpaired) electrons. The third-order valence-electron chi connectivity index (χ3n) is 3.91.